The average Bonchev–Trinajstić information content (AvgIpc) is 3.10. The molecule has 0 aliphatic rings. The number of rotatable bonds is 16. The minimum Gasteiger partial charge on any atom is -0.398 e. The van der Waals surface area contributed by atoms with Gasteiger partial charge in [0.15, 0.2) is 0 Å². The van der Waals surface area contributed by atoms with E-state index in [0.717, 1.165) is 81.8 Å². The van der Waals surface area contributed by atoms with Crippen LogP contribution in [0.25, 0.3) is 22.3 Å². The van der Waals surface area contributed by atoms with Gasteiger partial charge in [0.1, 0.15) is 0 Å². The highest BCUT2D eigenvalue weighted by Gasteiger charge is 2.25. The van der Waals surface area contributed by atoms with Crippen LogP contribution < -0.4 is 26.8 Å². The number of hydrogen-bond donors (Lipinski definition) is 5. The van der Waals surface area contributed by atoms with E-state index in [-0.39, 0.29) is 4.90 Å². The first-order valence-electron chi connectivity index (χ1n) is 16.7. The van der Waals surface area contributed by atoms with E-state index in [1.807, 2.05) is 60.7 Å². The van der Waals surface area contributed by atoms with Crippen LogP contribution in [-0.2, 0) is 29.5 Å². The van der Waals surface area contributed by atoms with Crippen LogP contribution in [0.3, 0.4) is 0 Å². The maximum Gasteiger partial charge on any atom is 0.241 e. The van der Waals surface area contributed by atoms with Gasteiger partial charge in [-0.2, -0.15) is 0 Å². The van der Waals surface area contributed by atoms with E-state index in [2.05, 4.69) is 59.5 Å². The van der Waals surface area contributed by atoms with Crippen molar-refractivity contribution in [3.8, 4) is 22.3 Å². The molecule has 7 nitrogen and oxygen atoms in total. The Labute approximate surface area is 285 Å². The Morgan fingerprint density at radius 2 is 1.12 bits per heavy atom. The highest BCUT2D eigenvalue weighted by atomic mass is 32.2. The van der Waals surface area contributed by atoms with Crippen LogP contribution in [0, 0.1) is 0 Å². The fourth-order valence-electron chi connectivity index (χ4n) is 5.99. The van der Waals surface area contributed by atoms with Gasteiger partial charge < -0.3 is 22.1 Å². The zero-order valence-electron chi connectivity index (χ0n) is 27.9. The molecule has 0 aliphatic carbocycles. The van der Waals surface area contributed by atoms with E-state index in [1.165, 1.54) is 0 Å². The molecule has 0 bridgehead atoms. The molecule has 0 amide bonds. The molecule has 48 heavy (non-hydrogen) atoms. The fraction of sp³-hybridized carbons (Fsp3) is 0.250. The van der Waals surface area contributed by atoms with Crippen molar-refractivity contribution < 1.29 is 8.42 Å². The molecule has 7 N–H and O–H groups in total. The summed E-state index contributed by atoms with van der Waals surface area (Å²) in [4.78, 5) is 0.222. The number of sulfonamides is 1. The summed E-state index contributed by atoms with van der Waals surface area (Å²) < 4.78 is 30.9. The van der Waals surface area contributed by atoms with Crippen LogP contribution in [0.4, 0.5) is 11.4 Å². The maximum absolute atomic E-state index is 13.9. The molecule has 0 saturated carbocycles. The third kappa shape index (κ3) is 8.70. The molecular weight excluding hydrogens is 615 g/mol. The lowest BCUT2D eigenvalue weighted by Crippen LogP contribution is -2.30. The molecule has 0 radical (unpaired) electrons. The molecule has 5 aromatic rings. The van der Waals surface area contributed by atoms with Gasteiger partial charge >= 0.3 is 0 Å². The first-order valence-corrected chi connectivity index (χ1v) is 18.2. The minimum absolute atomic E-state index is 0.222. The summed E-state index contributed by atoms with van der Waals surface area (Å²) in [5.41, 5.74) is 22.2. The van der Waals surface area contributed by atoms with Gasteiger partial charge in [-0.25, -0.2) is 13.1 Å². The predicted molar refractivity (Wildman–Crippen MR) is 200 cm³/mol. The molecule has 5 rings (SSSR count). The summed E-state index contributed by atoms with van der Waals surface area (Å²) in [6.07, 6.45) is 2.49. The van der Waals surface area contributed by atoms with E-state index in [1.54, 1.807) is 24.3 Å². The molecule has 1 unspecified atom stereocenters. The molecule has 8 heteroatoms. The number of benzene rings is 5. The van der Waals surface area contributed by atoms with E-state index in [9.17, 15) is 8.42 Å². The van der Waals surface area contributed by atoms with Gasteiger partial charge in [-0.15, -0.1) is 0 Å². The van der Waals surface area contributed by atoms with Crippen molar-refractivity contribution in [3.05, 3.63) is 138 Å². The van der Waals surface area contributed by atoms with Crippen LogP contribution >= 0.6 is 0 Å². The highest BCUT2D eigenvalue weighted by molar-refractivity contribution is 7.89. The quantitative estimate of drug-likeness (QED) is 0.0553. The summed E-state index contributed by atoms with van der Waals surface area (Å²) in [7, 11) is -3.86. The monoisotopic (exact) mass is 661 g/mol. The third-order valence-electron chi connectivity index (χ3n) is 8.52. The van der Waals surface area contributed by atoms with E-state index < -0.39 is 16.1 Å². The lowest BCUT2D eigenvalue weighted by atomic mass is 9.88. The van der Waals surface area contributed by atoms with Gasteiger partial charge in [0.05, 0.1) is 10.9 Å². The number of anilines is 2. The molecule has 0 spiro atoms. The molecule has 0 saturated heterocycles. The Balaban J connectivity index is 1.58. The van der Waals surface area contributed by atoms with Crippen molar-refractivity contribution in [2.45, 2.75) is 57.1 Å². The van der Waals surface area contributed by atoms with Crippen LogP contribution in [0.1, 0.15) is 55.0 Å². The molecular formula is C40H47N5O2S. The highest BCUT2D eigenvalue weighted by Crippen LogP contribution is 2.35. The third-order valence-corrected chi connectivity index (χ3v) is 10.0. The van der Waals surface area contributed by atoms with Gasteiger partial charge in [0, 0.05) is 24.5 Å². The summed E-state index contributed by atoms with van der Waals surface area (Å²) in [5.74, 6) is 0. The topological polar surface area (TPSA) is 122 Å². The summed E-state index contributed by atoms with van der Waals surface area (Å²) in [6.45, 7) is 7.42. The molecule has 0 fully saturated rings. The van der Waals surface area contributed by atoms with E-state index >= 15 is 0 Å². The Kier molecular flexibility index (Phi) is 12.0. The molecule has 5 aromatic carbocycles. The number of nitrogen functional groups attached to an aromatic ring is 2. The van der Waals surface area contributed by atoms with E-state index in [4.69, 9.17) is 11.5 Å². The van der Waals surface area contributed by atoms with Gasteiger partial charge in [-0.3, -0.25) is 0 Å². The fourth-order valence-corrected chi connectivity index (χ4v) is 7.22. The minimum atomic E-state index is -3.86. The maximum atomic E-state index is 13.9. The van der Waals surface area contributed by atoms with Crippen molar-refractivity contribution in [1.82, 2.24) is 15.4 Å². The van der Waals surface area contributed by atoms with Gasteiger partial charge in [-0.05, 0) is 113 Å². The lowest BCUT2D eigenvalue weighted by molar-refractivity contribution is 0.555. The zero-order chi connectivity index (χ0) is 33.9. The summed E-state index contributed by atoms with van der Waals surface area (Å²) >= 11 is 0. The van der Waals surface area contributed by atoms with Gasteiger partial charge in [-0.1, -0.05) is 92.7 Å². The van der Waals surface area contributed by atoms with Crippen LogP contribution in [0.2, 0.25) is 0 Å². The molecule has 1 atom stereocenters. The van der Waals surface area contributed by atoms with Crippen LogP contribution in [0.15, 0.2) is 120 Å². The standard InChI is InChI=1S/C40H47N5O2S/c1-3-22-43-27-32-24-30(18-20-38(32)41)35-15-9-8-12-29(35)26-40(45-48(46,47)34-13-6-5-7-14-34)37-17-11-10-16-36(37)31-19-21-39(42)33(25-31)28-44-23-4-2/h5-21,24-25,40,43-45H,3-4,22-23,26-28,41-42H2,1-2H3. The van der Waals surface area contributed by atoms with Crippen molar-refractivity contribution in [2.75, 3.05) is 24.6 Å². The smallest absolute Gasteiger partial charge is 0.241 e. The summed E-state index contributed by atoms with van der Waals surface area (Å²) in [6, 6.07) is 36.3. The second kappa shape index (κ2) is 16.6. The molecule has 0 aromatic heterocycles. The first kappa shape index (κ1) is 34.9. The SMILES string of the molecule is CCCNCc1cc(-c2ccccc2CC(NS(=O)(=O)c2ccccc2)c2ccccc2-c2ccc(N)c(CNCCC)c2)ccc1N. The largest absolute Gasteiger partial charge is 0.398 e. The van der Waals surface area contributed by atoms with Gasteiger partial charge in [0.2, 0.25) is 10.0 Å². The molecule has 250 valence electrons. The van der Waals surface area contributed by atoms with Crippen molar-refractivity contribution in [1.29, 1.82) is 0 Å². The Morgan fingerprint density at radius 3 is 1.73 bits per heavy atom. The van der Waals surface area contributed by atoms with Crippen LogP contribution in [0.5, 0.6) is 0 Å². The Morgan fingerprint density at radius 1 is 0.604 bits per heavy atom. The lowest BCUT2D eigenvalue weighted by Gasteiger charge is -2.24. The van der Waals surface area contributed by atoms with Gasteiger partial charge in [0.25, 0.3) is 0 Å². The Bertz CT molecular complexity index is 1910. The van der Waals surface area contributed by atoms with Crippen molar-refractivity contribution >= 4 is 21.4 Å². The number of nitrogens with two attached hydrogens (primary N) is 2. The molecule has 0 heterocycles. The number of hydrogen-bond acceptors (Lipinski definition) is 6. The Hall–Kier alpha value is -4.47. The number of nitrogens with one attached hydrogen (secondary N) is 3. The predicted octanol–water partition coefficient (Wildman–Crippen LogP) is 7.45. The second-order valence-electron chi connectivity index (χ2n) is 12.1. The van der Waals surface area contributed by atoms with E-state index in [0.29, 0.717) is 19.5 Å². The second-order valence-corrected chi connectivity index (χ2v) is 13.8. The summed E-state index contributed by atoms with van der Waals surface area (Å²) in [5, 5.41) is 6.91. The average molecular weight is 662 g/mol. The van der Waals surface area contributed by atoms with Crippen LogP contribution in [-0.4, -0.2) is 21.5 Å². The normalized spacial score (nSPS) is 12.2. The first-order chi connectivity index (χ1) is 23.3. The zero-order valence-corrected chi connectivity index (χ0v) is 28.7. The molecule has 0 aliphatic heterocycles. The van der Waals surface area contributed by atoms with Crippen molar-refractivity contribution in [3.63, 3.8) is 0 Å². The van der Waals surface area contributed by atoms with Crippen molar-refractivity contribution in [2.24, 2.45) is 0 Å².